The molecule has 21 heavy (non-hydrogen) atoms. The van der Waals surface area contributed by atoms with Crippen LogP contribution in [0.4, 0.5) is 5.69 Å². The molecule has 1 atom stereocenters. The van der Waals surface area contributed by atoms with Crippen LogP contribution in [0.5, 0.6) is 5.75 Å². The lowest BCUT2D eigenvalue weighted by atomic mass is 10.0. The molecule has 1 fully saturated rings. The highest BCUT2D eigenvalue weighted by atomic mass is 32.2. The van der Waals surface area contributed by atoms with E-state index in [0.29, 0.717) is 24.5 Å². The Morgan fingerprint density at radius 1 is 1.38 bits per heavy atom. The molecule has 2 rings (SSSR count). The van der Waals surface area contributed by atoms with E-state index < -0.39 is 10.2 Å². The zero-order chi connectivity index (χ0) is 15.5. The first-order valence-corrected chi connectivity index (χ1v) is 8.37. The number of aliphatic hydroxyl groups excluding tert-OH is 1. The van der Waals surface area contributed by atoms with Crippen LogP contribution in [0.15, 0.2) is 24.3 Å². The van der Waals surface area contributed by atoms with Crippen LogP contribution in [0.25, 0.3) is 0 Å². The predicted octanol–water partition coefficient (Wildman–Crippen LogP) is 1.08. The lowest BCUT2D eigenvalue weighted by Crippen LogP contribution is -2.47. The van der Waals surface area contributed by atoms with Gasteiger partial charge >= 0.3 is 10.2 Å². The minimum absolute atomic E-state index is 0.0257. The van der Waals surface area contributed by atoms with Gasteiger partial charge in [-0.15, -0.1) is 0 Å². The molecule has 0 bridgehead atoms. The van der Waals surface area contributed by atoms with Crippen molar-refractivity contribution in [1.82, 2.24) is 4.31 Å². The third-order valence-electron chi connectivity index (χ3n) is 3.85. The van der Waals surface area contributed by atoms with Crippen molar-refractivity contribution in [2.45, 2.75) is 12.8 Å². The number of ether oxygens (including phenoxy) is 1. The van der Waals surface area contributed by atoms with E-state index in [9.17, 15) is 13.5 Å². The second-order valence-corrected chi connectivity index (χ2v) is 7.18. The number of aliphatic hydroxyl groups is 1. The summed E-state index contributed by atoms with van der Waals surface area (Å²) in [4.78, 5) is 0. The van der Waals surface area contributed by atoms with Gasteiger partial charge in [-0.05, 0) is 43.0 Å². The third-order valence-corrected chi connectivity index (χ3v) is 5.74. The minimum atomic E-state index is -3.56. The quantitative estimate of drug-likeness (QED) is 0.883. The van der Waals surface area contributed by atoms with Gasteiger partial charge in [0.25, 0.3) is 0 Å². The SMILES string of the molecule is COc1ccc(N(C)S(=O)(=O)N2CCCC(CO)C2)cc1. The average Bonchev–Trinajstić information content (AvgIpc) is 2.54. The molecule has 1 aliphatic rings. The van der Waals surface area contributed by atoms with E-state index in [1.165, 1.54) is 8.61 Å². The summed E-state index contributed by atoms with van der Waals surface area (Å²) in [6.45, 7) is 0.900. The maximum Gasteiger partial charge on any atom is 0.303 e. The van der Waals surface area contributed by atoms with Crippen LogP contribution in [0.1, 0.15) is 12.8 Å². The van der Waals surface area contributed by atoms with Gasteiger partial charge in [0, 0.05) is 26.7 Å². The van der Waals surface area contributed by atoms with Gasteiger partial charge in [0.2, 0.25) is 0 Å². The second kappa shape index (κ2) is 6.64. The van der Waals surface area contributed by atoms with Crippen LogP contribution in [-0.4, -0.2) is 51.7 Å². The lowest BCUT2D eigenvalue weighted by Gasteiger charge is -2.34. The summed E-state index contributed by atoms with van der Waals surface area (Å²) in [5, 5.41) is 9.24. The first-order chi connectivity index (χ1) is 9.98. The number of methoxy groups -OCH3 is 1. The van der Waals surface area contributed by atoms with Crippen LogP contribution in [-0.2, 0) is 10.2 Å². The normalized spacial score (nSPS) is 20.2. The van der Waals surface area contributed by atoms with Gasteiger partial charge in [-0.1, -0.05) is 0 Å². The molecule has 1 unspecified atom stereocenters. The molecule has 7 heteroatoms. The van der Waals surface area contributed by atoms with Crippen molar-refractivity contribution in [2.24, 2.45) is 5.92 Å². The van der Waals surface area contributed by atoms with Crippen molar-refractivity contribution in [3.05, 3.63) is 24.3 Å². The van der Waals surface area contributed by atoms with Crippen molar-refractivity contribution in [1.29, 1.82) is 0 Å². The molecule has 0 spiro atoms. The van der Waals surface area contributed by atoms with E-state index >= 15 is 0 Å². The van der Waals surface area contributed by atoms with Gasteiger partial charge < -0.3 is 9.84 Å². The molecule has 0 radical (unpaired) electrons. The van der Waals surface area contributed by atoms with E-state index in [0.717, 1.165) is 12.8 Å². The fourth-order valence-corrected chi connectivity index (χ4v) is 3.98. The number of rotatable bonds is 5. The Hall–Kier alpha value is -1.31. The van der Waals surface area contributed by atoms with Gasteiger partial charge in [-0.3, -0.25) is 4.31 Å². The van der Waals surface area contributed by atoms with Crippen molar-refractivity contribution in [3.63, 3.8) is 0 Å². The zero-order valence-corrected chi connectivity index (χ0v) is 13.2. The Kier molecular flexibility index (Phi) is 5.08. The summed E-state index contributed by atoms with van der Waals surface area (Å²) in [5.41, 5.74) is 0.585. The Balaban J connectivity index is 2.17. The van der Waals surface area contributed by atoms with Crippen LogP contribution >= 0.6 is 0 Å². The van der Waals surface area contributed by atoms with E-state index in [1.54, 1.807) is 38.4 Å². The average molecular weight is 314 g/mol. The first-order valence-electron chi connectivity index (χ1n) is 6.98. The maximum atomic E-state index is 12.6. The summed E-state index contributed by atoms with van der Waals surface area (Å²) < 4.78 is 33.1. The molecule has 1 aliphatic heterocycles. The number of nitrogens with zero attached hydrogens (tertiary/aromatic N) is 2. The first kappa shape index (κ1) is 16.1. The van der Waals surface area contributed by atoms with Gasteiger partial charge in [-0.2, -0.15) is 12.7 Å². The summed E-state index contributed by atoms with van der Waals surface area (Å²) in [7, 11) is -0.454. The smallest absolute Gasteiger partial charge is 0.303 e. The van der Waals surface area contributed by atoms with Crippen LogP contribution in [0, 0.1) is 5.92 Å². The van der Waals surface area contributed by atoms with Crippen LogP contribution in [0.2, 0.25) is 0 Å². The largest absolute Gasteiger partial charge is 0.497 e. The maximum absolute atomic E-state index is 12.6. The van der Waals surface area contributed by atoms with E-state index in [2.05, 4.69) is 0 Å². The number of anilines is 1. The van der Waals surface area contributed by atoms with Gasteiger partial charge in [0.05, 0.1) is 12.8 Å². The summed E-state index contributed by atoms with van der Waals surface area (Å²) >= 11 is 0. The highest BCUT2D eigenvalue weighted by molar-refractivity contribution is 7.90. The molecule has 1 saturated heterocycles. The molecule has 1 aromatic carbocycles. The second-order valence-electron chi connectivity index (χ2n) is 5.22. The Bertz CT molecular complexity index is 559. The fourth-order valence-electron chi connectivity index (χ4n) is 2.48. The van der Waals surface area contributed by atoms with Crippen LogP contribution in [0.3, 0.4) is 0 Å². The van der Waals surface area contributed by atoms with Crippen molar-refractivity contribution in [2.75, 3.05) is 38.2 Å². The Labute approximate surface area is 126 Å². The molecular weight excluding hydrogens is 292 g/mol. The molecule has 0 aromatic heterocycles. The topological polar surface area (TPSA) is 70.1 Å². The lowest BCUT2D eigenvalue weighted by molar-refractivity contribution is 0.165. The molecule has 0 aliphatic carbocycles. The molecule has 6 nitrogen and oxygen atoms in total. The van der Waals surface area contributed by atoms with Crippen molar-refractivity contribution < 1.29 is 18.3 Å². The van der Waals surface area contributed by atoms with Crippen molar-refractivity contribution >= 4 is 15.9 Å². The van der Waals surface area contributed by atoms with Crippen molar-refractivity contribution in [3.8, 4) is 5.75 Å². The number of hydrogen-bond donors (Lipinski definition) is 1. The third kappa shape index (κ3) is 3.48. The molecule has 118 valence electrons. The minimum Gasteiger partial charge on any atom is -0.497 e. The zero-order valence-electron chi connectivity index (χ0n) is 12.4. The highest BCUT2D eigenvalue weighted by Crippen LogP contribution is 2.25. The van der Waals surface area contributed by atoms with E-state index in [4.69, 9.17) is 4.74 Å². The standard InChI is InChI=1S/C14H22N2O4S/c1-15(13-5-7-14(20-2)8-6-13)21(18,19)16-9-3-4-12(10-16)11-17/h5-8,12,17H,3-4,9-11H2,1-2H3. The van der Waals surface area contributed by atoms with Gasteiger partial charge in [-0.25, -0.2) is 0 Å². The van der Waals surface area contributed by atoms with E-state index in [1.807, 2.05) is 0 Å². The molecule has 0 saturated carbocycles. The van der Waals surface area contributed by atoms with Gasteiger partial charge in [0.1, 0.15) is 5.75 Å². The molecule has 1 heterocycles. The molecule has 1 aromatic rings. The van der Waals surface area contributed by atoms with Crippen LogP contribution < -0.4 is 9.04 Å². The molecule has 1 N–H and O–H groups in total. The monoisotopic (exact) mass is 314 g/mol. The summed E-state index contributed by atoms with van der Waals surface area (Å²) in [5.74, 6) is 0.709. The Morgan fingerprint density at radius 3 is 2.62 bits per heavy atom. The van der Waals surface area contributed by atoms with E-state index in [-0.39, 0.29) is 12.5 Å². The predicted molar refractivity (Wildman–Crippen MR) is 81.7 cm³/mol. The molecular formula is C14H22N2O4S. The number of hydrogen-bond acceptors (Lipinski definition) is 4. The highest BCUT2D eigenvalue weighted by Gasteiger charge is 2.31. The number of benzene rings is 1. The molecule has 0 amide bonds. The van der Waals surface area contributed by atoms with Gasteiger partial charge in [0.15, 0.2) is 0 Å². The summed E-state index contributed by atoms with van der Waals surface area (Å²) in [6, 6.07) is 6.88. The fraction of sp³-hybridized carbons (Fsp3) is 0.571. The Morgan fingerprint density at radius 2 is 2.05 bits per heavy atom. The summed E-state index contributed by atoms with van der Waals surface area (Å²) in [6.07, 6.45) is 1.65. The number of piperidine rings is 1.